The highest BCUT2D eigenvalue weighted by Crippen LogP contribution is 2.25. The molecule has 7 heteroatoms. The Labute approximate surface area is 154 Å². The van der Waals surface area contributed by atoms with Crippen LogP contribution in [-0.2, 0) is 11.3 Å². The summed E-state index contributed by atoms with van der Waals surface area (Å²) in [5.74, 6) is 0.527. The van der Waals surface area contributed by atoms with Crippen LogP contribution in [0, 0.1) is 5.92 Å². The molecule has 0 aliphatic carbocycles. The minimum Gasteiger partial charge on any atom is -0.308 e. The van der Waals surface area contributed by atoms with E-state index in [0.717, 1.165) is 22.9 Å². The first-order chi connectivity index (χ1) is 10.9. The number of carbonyl (C=O) groups excluding carboxylic acids is 1. The van der Waals surface area contributed by atoms with Crippen molar-refractivity contribution in [2.75, 3.05) is 5.32 Å². The molecule has 23 heavy (non-hydrogen) atoms. The minimum atomic E-state index is -0.00418. The van der Waals surface area contributed by atoms with Gasteiger partial charge in [0, 0.05) is 12.1 Å². The van der Waals surface area contributed by atoms with E-state index >= 15 is 0 Å². The number of nitrogens with zero attached hydrogens (tertiary/aromatic N) is 2. The largest absolute Gasteiger partial charge is 0.308 e. The first kappa shape index (κ1) is 18.3. The van der Waals surface area contributed by atoms with E-state index in [9.17, 15) is 4.79 Å². The molecule has 0 unspecified atom stereocenters. The summed E-state index contributed by atoms with van der Waals surface area (Å²) in [6, 6.07) is 5.46. The van der Waals surface area contributed by atoms with Gasteiger partial charge in [-0.25, -0.2) is 0 Å². The maximum absolute atomic E-state index is 12.2. The lowest BCUT2D eigenvalue weighted by Gasteiger charge is -2.11. The summed E-state index contributed by atoms with van der Waals surface area (Å²) in [7, 11) is 0. The molecule has 0 spiro atoms. The minimum absolute atomic E-state index is 0.00196. The Morgan fingerprint density at radius 1 is 1.30 bits per heavy atom. The molecular weight excluding hydrogens is 401 g/mol. The zero-order chi connectivity index (χ0) is 17.0. The monoisotopic (exact) mass is 417 g/mol. The molecular formula is C16H18BrCl2N3O. The normalized spacial score (nSPS) is 11.0. The number of nitrogens with one attached hydrogen (secondary N) is 1. The second-order valence-corrected chi connectivity index (χ2v) is 6.94. The van der Waals surface area contributed by atoms with E-state index in [2.05, 4.69) is 26.3 Å². The van der Waals surface area contributed by atoms with Crippen molar-refractivity contribution in [1.82, 2.24) is 9.78 Å². The van der Waals surface area contributed by atoms with Crippen molar-refractivity contribution in [3.63, 3.8) is 0 Å². The lowest BCUT2D eigenvalue weighted by Crippen LogP contribution is -2.22. The Balaban J connectivity index is 2.11. The smallest absolute Gasteiger partial charge is 0.228 e. The average Bonchev–Trinajstić information content (AvgIpc) is 2.84. The maximum atomic E-state index is 12.2. The molecule has 0 saturated heterocycles. The van der Waals surface area contributed by atoms with Gasteiger partial charge in [-0.2, -0.15) is 5.10 Å². The average molecular weight is 419 g/mol. The van der Waals surface area contributed by atoms with Crippen LogP contribution in [0.15, 0.2) is 28.9 Å². The topological polar surface area (TPSA) is 46.9 Å². The first-order valence-electron chi connectivity index (χ1n) is 7.42. The van der Waals surface area contributed by atoms with Crippen LogP contribution < -0.4 is 5.32 Å². The van der Waals surface area contributed by atoms with E-state index in [0.29, 0.717) is 22.4 Å². The highest BCUT2D eigenvalue weighted by Gasteiger charge is 2.17. The molecule has 124 valence electrons. The zero-order valence-electron chi connectivity index (χ0n) is 12.9. The molecule has 0 bridgehead atoms. The third kappa shape index (κ3) is 4.72. The summed E-state index contributed by atoms with van der Waals surface area (Å²) in [5.41, 5.74) is 0.979. The van der Waals surface area contributed by atoms with Gasteiger partial charge in [0.25, 0.3) is 0 Å². The van der Waals surface area contributed by atoms with Gasteiger partial charge in [-0.05, 0) is 46.5 Å². The summed E-state index contributed by atoms with van der Waals surface area (Å²) in [6.45, 7) is 4.55. The van der Waals surface area contributed by atoms with Gasteiger partial charge in [0.15, 0.2) is 5.82 Å². The fraction of sp³-hybridized carbons (Fsp3) is 0.375. The molecule has 1 heterocycles. The van der Waals surface area contributed by atoms with E-state index in [1.807, 2.05) is 32.2 Å². The van der Waals surface area contributed by atoms with Gasteiger partial charge in [0.2, 0.25) is 5.91 Å². The number of benzene rings is 1. The molecule has 2 rings (SSSR count). The summed E-state index contributed by atoms with van der Waals surface area (Å²) >= 11 is 15.4. The van der Waals surface area contributed by atoms with E-state index < -0.39 is 0 Å². The zero-order valence-corrected chi connectivity index (χ0v) is 16.0. The quantitative estimate of drug-likeness (QED) is 0.684. The highest BCUT2D eigenvalue weighted by atomic mass is 79.9. The second-order valence-electron chi connectivity index (χ2n) is 5.27. The number of aromatic nitrogens is 2. The highest BCUT2D eigenvalue weighted by molar-refractivity contribution is 9.10. The third-order valence-electron chi connectivity index (χ3n) is 3.64. The predicted octanol–water partition coefficient (Wildman–Crippen LogP) is 5.38. The predicted molar refractivity (Wildman–Crippen MR) is 98.2 cm³/mol. The number of anilines is 1. The number of amides is 1. The Morgan fingerprint density at radius 2 is 2.00 bits per heavy atom. The Morgan fingerprint density at radius 3 is 2.61 bits per heavy atom. The molecule has 1 amide bonds. The molecule has 0 aliphatic heterocycles. The number of rotatable bonds is 6. The van der Waals surface area contributed by atoms with Crippen LogP contribution in [0.25, 0.3) is 0 Å². The molecule has 0 radical (unpaired) electrons. The van der Waals surface area contributed by atoms with Crippen molar-refractivity contribution in [1.29, 1.82) is 0 Å². The SMILES string of the molecule is CCC(CC)C(=O)Nc1nn(Cc2ccc(Cl)c(Cl)c2)cc1Br. The molecule has 1 N–H and O–H groups in total. The van der Waals surface area contributed by atoms with Gasteiger partial charge in [-0.15, -0.1) is 0 Å². The summed E-state index contributed by atoms with van der Waals surface area (Å²) < 4.78 is 2.49. The van der Waals surface area contributed by atoms with E-state index in [1.54, 1.807) is 10.7 Å². The fourth-order valence-corrected chi connectivity index (χ4v) is 3.00. The van der Waals surface area contributed by atoms with Crippen LogP contribution >= 0.6 is 39.1 Å². The maximum Gasteiger partial charge on any atom is 0.228 e. The van der Waals surface area contributed by atoms with Crippen LogP contribution in [0.1, 0.15) is 32.3 Å². The number of hydrogen-bond acceptors (Lipinski definition) is 2. The Hall–Kier alpha value is -1.04. The number of hydrogen-bond donors (Lipinski definition) is 1. The molecule has 0 atom stereocenters. The molecule has 0 saturated carbocycles. The van der Waals surface area contributed by atoms with Gasteiger partial charge >= 0.3 is 0 Å². The third-order valence-corrected chi connectivity index (χ3v) is 4.96. The van der Waals surface area contributed by atoms with E-state index in [1.165, 1.54) is 0 Å². The van der Waals surface area contributed by atoms with Crippen LogP contribution in [0.5, 0.6) is 0 Å². The molecule has 1 aromatic heterocycles. The van der Waals surface area contributed by atoms with Gasteiger partial charge < -0.3 is 5.32 Å². The van der Waals surface area contributed by atoms with Gasteiger partial charge in [-0.1, -0.05) is 43.1 Å². The molecule has 4 nitrogen and oxygen atoms in total. The number of halogens is 3. The van der Waals surface area contributed by atoms with E-state index in [-0.39, 0.29) is 11.8 Å². The van der Waals surface area contributed by atoms with Crippen LogP contribution in [0.2, 0.25) is 10.0 Å². The summed E-state index contributed by atoms with van der Waals surface area (Å²) in [5, 5.41) is 8.32. The van der Waals surface area contributed by atoms with Crippen molar-refractivity contribution in [3.8, 4) is 0 Å². The van der Waals surface area contributed by atoms with Crippen LogP contribution in [-0.4, -0.2) is 15.7 Å². The standard InChI is InChI=1S/C16H18BrCl2N3O/c1-3-11(4-2)16(23)20-15-12(17)9-22(21-15)8-10-5-6-13(18)14(19)7-10/h5-7,9,11H,3-4,8H2,1-2H3,(H,20,21,23). The van der Waals surface area contributed by atoms with Crippen molar-refractivity contribution in [2.24, 2.45) is 5.92 Å². The Kier molecular flexibility index (Phi) is 6.50. The van der Waals surface area contributed by atoms with Crippen molar-refractivity contribution in [3.05, 3.63) is 44.5 Å². The van der Waals surface area contributed by atoms with Crippen molar-refractivity contribution < 1.29 is 4.79 Å². The fourth-order valence-electron chi connectivity index (χ4n) is 2.27. The van der Waals surface area contributed by atoms with Crippen molar-refractivity contribution >= 4 is 50.9 Å². The van der Waals surface area contributed by atoms with Gasteiger partial charge in [0.05, 0.1) is 21.1 Å². The van der Waals surface area contributed by atoms with Crippen molar-refractivity contribution in [2.45, 2.75) is 33.2 Å². The Bertz CT molecular complexity index is 699. The number of carbonyl (C=O) groups is 1. The molecule has 1 aromatic carbocycles. The second kappa shape index (κ2) is 8.18. The van der Waals surface area contributed by atoms with Crippen LogP contribution in [0.4, 0.5) is 5.82 Å². The van der Waals surface area contributed by atoms with Gasteiger partial charge in [-0.3, -0.25) is 9.48 Å². The summed E-state index contributed by atoms with van der Waals surface area (Å²) in [4.78, 5) is 12.2. The molecule has 2 aromatic rings. The lowest BCUT2D eigenvalue weighted by atomic mass is 10.0. The summed E-state index contributed by atoms with van der Waals surface area (Å²) in [6.07, 6.45) is 3.44. The van der Waals surface area contributed by atoms with E-state index in [4.69, 9.17) is 23.2 Å². The lowest BCUT2D eigenvalue weighted by molar-refractivity contribution is -0.120. The van der Waals surface area contributed by atoms with Gasteiger partial charge in [0.1, 0.15) is 0 Å². The molecule has 0 fully saturated rings. The van der Waals surface area contributed by atoms with Crippen LogP contribution in [0.3, 0.4) is 0 Å². The molecule has 0 aliphatic rings. The first-order valence-corrected chi connectivity index (χ1v) is 8.97.